The lowest BCUT2D eigenvalue weighted by Gasteiger charge is -2.32. The summed E-state index contributed by atoms with van der Waals surface area (Å²) in [7, 11) is -0.664. The van der Waals surface area contributed by atoms with Gasteiger partial charge in [0.05, 0.1) is 17.4 Å². The predicted molar refractivity (Wildman–Crippen MR) is 172 cm³/mol. The minimum atomic E-state index is -0.664. The molecule has 2 aliphatic rings. The molecule has 3 aromatic carbocycles. The second-order valence-corrected chi connectivity index (χ2v) is 12.2. The number of nitrogens with one attached hydrogen (secondary N) is 1. The van der Waals surface area contributed by atoms with Gasteiger partial charge in [0, 0.05) is 18.7 Å². The van der Waals surface area contributed by atoms with Gasteiger partial charge in [0.25, 0.3) is 0 Å². The monoisotopic (exact) mass is 588 g/mol. The fraction of sp³-hybridized carbons (Fsp3) is 0.278. The minimum absolute atomic E-state index is 0.0176. The minimum Gasteiger partial charge on any atom is -0.487 e. The Hall–Kier alpha value is -4.40. The van der Waals surface area contributed by atoms with Crippen molar-refractivity contribution in [2.24, 2.45) is 0 Å². The van der Waals surface area contributed by atoms with Crippen molar-refractivity contribution in [3.8, 4) is 16.9 Å². The summed E-state index contributed by atoms with van der Waals surface area (Å²) in [5, 5.41) is 2.93. The fourth-order valence-corrected chi connectivity index (χ4v) is 5.57. The van der Waals surface area contributed by atoms with Crippen molar-refractivity contribution in [2.45, 2.75) is 51.4 Å². The summed E-state index contributed by atoms with van der Waals surface area (Å²) >= 11 is 0. The van der Waals surface area contributed by atoms with E-state index in [9.17, 15) is 4.79 Å². The van der Waals surface area contributed by atoms with Crippen LogP contribution >= 0.6 is 0 Å². The third kappa shape index (κ3) is 6.28. The number of carbonyl (C=O) groups excluding carboxylic acids is 1. The molecule has 1 aliphatic heterocycles. The van der Waals surface area contributed by atoms with Crippen molar-refractivity contribution in [1.82, 2.24) is 10.3 Å². The van der Waals surface area contributed by atoms with Crippen LogP contribution in [-0.2, 0) is 20.7 Å². The molecule has 1 fully saturated rings. The zero-order valence-electron chi connectivity index (χ0n) is 25.6. The maximum absolute atomic E-state index is 13.0. The predicted octanol–water partition coefficient (Wildman–Crippen LogP) is 7.21. The Morgan fingerprint density at radius 2 is 1.50 bits per heavy atom. The molecule has 6 rings (SSSR count). The number of aromatic nitrogens is 1. The Morgan fingerprint density at radius 3 is 2.16 bits per heavy atom. The Labute approximate surface area is 259 Å². The molecule has 0 spiro atoms. The van der Waals surface area contributed by atoms with E-state index in [1.54, 1.807) is 12.4 Å². The number of nitrogens with zero attached hydrogens (tertiary/aromatic N) is 1. The Morgan fingerprint density at radius 1 is 0.886 bits per heavy atom. The second-order valence-electron chi connectivity index (χ2n) is 12.2. The molecule has 8 heteroatoms. The zero-order chi connectivity index (χ0) is 30.7. The van der Waals surface area contributed by atoms with E-state index in [0.717, 1.165) is 16.6 Å². The van der Waals surface area contributed by atoms with Crippen molar-refractivity contribution in [2.75, 3.05) is 13.2 Å². The SMILES string of the molecule is CC1(C)OB(C(=Cc2cncc(OCc3ccccc3)c2)CNC(=O)OCC2c3ccccc3-c3ccccc32)OC1(C)C. The summed E-state index contributed by atoms with van der Waals surface area (Å²) in [4.78, 5) is 17.4. The number of pyridine rings is 1. The molecule has 0 atom stereocenters. The number of hydrogen-bond acceptors (Lipinski definition) is 6. The Balaban J connectivity index is 1.16. The quantitative estimate of drug-likeness (QED) is 0.208. The van der Waals surface area contributed by atoms with Gasteiger partial charge >= 0.3 is 13.2 Å². The molecule has 1 aromatic heterocycles. The average molecular weight is 589 g/mol. The first-order valence-corrected chi connectivity index (χ1v) is 15.0. The average Bonchev–Trinajstić information content (AvgIpc) is 3.46. The van der Waals surface area contributed by atoms with E-state index >= 15 is 0 Å². The van der Waals surface area contributed by atoms with E-state index in [0.29, 0.717) is 12.4 Å². The van der Waals surface area contributed by atoms with E-state index in [-0.39, 0.29) is 19.1 Å². The maximum atomic E-state index is 13.0. The number of alkyl carbamates (subject to hydrolysis) is 1. The number of benzene rings is 3. The van der Waals surface area contributed by atoms with Crippen LogP contribution in [0.5, 0.6) is 5.75 Å². The van der Waals surface area contributed by atoms with Gasteiger partial charge in [-0.3, -0.25) is 4.98 Å². The highest BCUT2D eigenvalue weighted by molar-refractivity contribution is 6.56. The van der Waals surface area contributed by atoms with Gasteiger partial charge in [-0.15, -0.1) is 0 Å². The van der Waals surface area contributed by atoms with Gasteiger partial charge < -0.3 is 24.1 Å². The summed E-state index contributed by atoms with van der Waals surface area (Å²) in [6, 6.07) is 28.5. The number of carbonyl (C=O) groups is 1. The van der Waals surface area contributed by atoms with Crippen molar-refractivity contribution in [3.63, 3.8) is 0 Å². The molecule has 1 aliphatic carbocycles. The maximum Gasteiger partial charge on any atom is 0.492 e. The molecule has 224 valence electrons. The van der Waals surface area contributed by atoms with E-state index in [1.165, 1.54) is 22.3 Å². The molecule has 1 saturated heterocycles. The number of amides is 1. The van der Waals surface area contributed by atoms with Crippen LogP contribution in [0.1, 0.15) is 55.9 Å². The second kappa shape index (κ2) is 12.3. The van der Waals surface area contributed by atoms with Crippen LogP contribution < -0.4 is 10.1 Å². The molecule has 4 aromatic rings. The summed E-state index contributed by atoms with van der Waals surface area (Å²) in [6.07, 6.45) is 4.85. The standard InChI is InChI=1S/C36H37BN2O5/c1-35(2)36(3,4)44-37(43-35)27(18-26-19-28(22-38-20-26)41-23-25-12-6-5-7-13-25)21-39-34(40)42-24-33-31-16-10-8-14-29(31)30-15-9-11-17-32(30)33/h5-20,22,33H,21,23-24H2,1-4H3,(H,39,40). The first-order valence-electron chi connectivity index (χ1n) is 15.0. The van der Waals surface area contributed by atoms with Crippen LogP contribution in [0.3, 0.4) is 0 Å². The van der Waals surface area contributed by atoms with Gasteiger partial charge in [0.2, 0.25) is 0 Å². The molecule has 0 saturated carbocycles. The molecule has 0 unspecified atom stereocenters. The first-order chi connectivity index (χ1) is 21.2. The van der Waals surface area contributed by atoms with E-state index in [1.807, 2.05) is 94.4 Å². The number of fused-ring (bicyclic) bond motifs is 3. The lowest BCUT2D eigenvalue weighted by Crippen LogP contribution is -2.41. The number of rotatable bonds is 9. The molecule has 1 amide bonds. The van der Waals surface area contributed by atoms with Crippen LogP contribution in [0.2, 0.25) is 0 Å². The van der Waals surface area contributed by atoms with Gasteiger partial charge in [0.15, 0.2) is 0 Å². The molecular weight excluding hydrogens is 551 g/mol. The Bertz CT molecular complexity index is 1610. The van der Waals surface area contributed by atoms with E-state index in [4.69, 9.17) is 18.8 Å². The highest BCUT2D eigenvalue weighted by Gasteiger charge is 2.52. The molecule has 0 radical (unpaired) electrons. The third-order valence-corrected chi connectivity index (χ3v) is 8.67. The largest absolute Gasteiger partial charge is 0.492 e. The first kappa shape index (κ1) is 29.7. The van der Waals surface area contributed by atoms with Crippen molar-refractivity contribution < 1.29 is 23.6 Å². The summed E-state index contributed by atoms with van der Waals surface area (Å²) in [6.45, 7) is 8.85. The third-order valence-electron chi connectivity index (χ3n) is 8.67. The summed E-state index contributed by atoms with van der Waals surface area (Å²) in [5.74, 6) is 0.622. The van der Waals surface area contributed by atoms with Gasteiger partial charge in [-0.2, -0.15) is 0 Å². The lowest BCUT2D eigenvalue weighted by molar-refractivity contribution is 0.00578. The van der Waals surface area contributed by atoms with E-state index in [2.05, 4.69) is 34.6 Å². The van der Waals surface area contributed by atoms with Crippen LogP contribution in [0, 0.1) is 0 Å². The molecule has 0 bridgehead atoms. The smallest absolute Gasteiger partial charge is 0.487 e. The van der Waals surface area contributed by atoms with Gasteiger partial charge in [-0.05, 0) is 72.6 Å². The van der Waals surface area contributed by atoms with Gasteiger partial charge in [0.1, 0.15) is 19.0 Å². The van der Waals surface area contributed by atoms with Crippen molar-refractivity contribution >= 4 is 19.3 Å². The highest BCUT2D eigenvalue weighted by atomic mass is 16.7. The van der Waals surface area contributed by atoms with Crippen LogP contribution in [0.25, 0.3) is 17.2 Å². The summed E-state index contributed by atoms with van der Waals surface area (Å²) in [5.41, 5.74) is 6.23. The molecule has 1 N–H and O–H groups in total. The molecule has 7 nitrogen and oxygen atoms in total. The van der Waals surface area contributed by atoms with Crippen LogP contribution in [0.4, 0.5) is 4.79 Å². The normalized spacial score (nSPS) is 16.7. The lowest BCUT2D eigenvalue weighted by atomic mass is 9.77. The molecule has 2 heterocycles. The van der Waals surface area contributed by atoms with Crippen molar-refractivity contribution in [3.05, 3.63) is 125 Å². The summed E-state index contributed by atoms with van der Waals surface area (Å²) < 4.78 is 24.5. The van der Waals surface area contributed by atoms with Gasteiger partial charge in [-0.25, -0.2) is 4.79 Å². The topological polar surface area (TPSA) is 78.9 Å². The fourth-order valence-electron chi connectivity index (χ4n) is 5.57. The molecular formula is C36H37BN2O5. The van der Waals surface area contributed by atoms with Crippen molar-refractivity contribution in [1.29, 1.82) is 0 Å². The van der Waals surface area contributed by atoms with Crippen LogP contribution in [0.15, 0.2) is 103 Å². The molecule has 44 heavy (non-hydrogen) atoms. The van der Waals surface area contributed by atoms with Gasteiger partial charge in [-0.1, -0.05) is 84.9 Å². The number of ether oxygens (including phenoxy) is 2. The van der Waals surface area contributed by atoms with E-state index < -0.39 is 24.4 Å². The Kier molecular flexibility index (Phi) is 8.30. The number of hydrogen-bond donors (Lipinski definition) is 1. The van der Waals surface area contributed by atoms with Crippen LogP contribution in [-0.4, -0.2) is 42.5 Å². The zero-order valence-corrected chi connectivity index (χ0v) is 25.6. The highest BCUT2D eigenvalue weighted by Crippen LogP contribution is 2.44.